The van der Waals surface area contributed by atoms with Crippen molar-refractivity contribution < 1.29 is 8.42 Å². The first-order chi connectivity index (χ1) is 9.56. The highest BCUT2D eigenvalue weighted by Gasteiger charge is 2.42. The van der Waals surface area contributed by atoms with Crippen molar-refractivity contribution in [3.8, 4) is 0 Å². The van der Waals surface area contributed by atoms with Crippen LogP contribution < -0.4 is 5.32 Å². The number of H-pyrrole nitrogens is 1. The van der Waals surface area contributed by atoms with Gasteiger partial charge in [-0.2, -0.15) is 4.31 Å². The molecule has 2 aliphatic rings. The Morgan fingerprint density at radius 1 is 1.45 bits per heavy atom. The van der Waals surface area contributed by atoms with Gasteiger partial charge >= 0.3 is 0 Å². The molecule has 3 heterocycles. The number of rotatable bonds is 3. The minimum Gasteiger partial charge on any atom is -0.332 e. The largest absolute Gasteiger partial charge is 0.332 e. The van der Waals surface area contributed by atoms with E-state index in [2.05, 4.69) is 15.3 Å². The van der Waals surface area contributed by atoms with Gasteiger partial charge in [-0.25, -0.2) is 13.4 Å². The number of nitrogens with zero attached hydrogens (tertiary/aromatic N) is 2. The van der Waals surface area contributed by atoms with Gasteiger partial charge < -0.3 is 10.3 Å². The van der Waals surface area contributed by atoms with Crippen molar-refractivity contribution in [2.45, 2.75) is 37.6 Å². The number of aromatic amines is 1. The Bertz CT molecular complexity index is 575. The maximum absolute atomic E-state index is 12.7. The van der Waals surface area contributed by atoms with Gasteiger partial charge in [-0.1, -0.05) is 6.92 Å². The molecule has 1 atom stereocenters. The molecule has 1 spiro atoms. The molecular weight excluding hydrogens is 276 g/mol. The number of imidazole rings is 1. The van der Waals surface area contributed by atoms with Gasteiger partial charge in [0.2, 0.25) is 0 Å². The summed E-state index contributed by atoms with van der Waals surface area (Å²) in [6, 6.07) is 0. The third-order valence-corrected chi connectivity index (χ3v) is 6.27. The smallest absolute Gasteiger partial charge is 0.260 e. The zero-order chi connectivity index (χ0) is 14.2. The summed E-state index contributed by atoms with van der Waals surface area (Å²) in [6.45, 7) is 5.13. The van der Waals surface area contributed by atoms with Crippen LogP contribution in [0, 0.1) is 5.41 Å². The van der Waals surface area contributed by atoms with Crippen LogP contribution in [0.25, 0.3) is 0 Å². The minimum atomic E-state index is -3.43. The summed E-state index contributed by atoms with van der Waals surface area (Å²) >= 11 is 0. The Hall–Kier alpha value is -0.920. The summed E-state index contributed by atoms with van der Waals surface area (Å²) in [6.07, 6.45) is 5.29. The number of aromatic nitrogens is 2. The Morgan fingerprint density at radius 2 is 2.30 bits per heavy atom. The molecule has 3 rings (SSSR count). The fourth-order valence-corrected chi connectivity index (χ4v) is 4.83. The number of sulfonamides is 1. The maximum atomic E-state index is 12.7. The van der Waals surface area contributed by atoms with Crippen LogP contribution in [0.1, 0.15) is 32.0 Å². The molecule has 6 nitrogen and oxygen atoms in total. The van der Waals surface area contributed by atoms with Crippen molar-refractivity contribution in [3.05, 3.63) is 12.0 Å². The molecule has 2 fully saturated rings. The van der Waals surface area contributed by atoms with E-state index in [1.165, 1.54) is 6.20 Å². The average molecular weight is 298 g/mol. The van der Waals surface area contributed by atoms with Crippen molar-refractivity contribution in [1.29, 1.82) is 0 Å². The SMILES string of the molecule is CCc1ncc(S(=O)(=O)N2CCC[C@]3(CCNC3)C2)[nH]1. The molecule has 0 unspecified atom stereocenters. The van der Waals surface area contributed by atoms with E-state index in [4.69, 9.17) is 0 Å². The zero-order valence-electron chi connectivity index (χ0n) is 11.9. The summed E-state index contributed by atoms with van der Waals surface area (Å²) in [5, 5.41) is 3.60. The van der Waals surface area contributed by atoms with Crippen LogP contribution in [-0.4, -0.2) is 48.9 Å². The fraction of sp³-hybridized carbons (Fsp3) is 0.769. The second-order valence-corrected chi connectivity index (χ2v) is 7.82. The van der Waals surface area contributed by atoms with Gasteiger partial charge in [-0.05, 0) is 31.2 Å². The topological polar surface area (TPSA) is 78.1 Å². The van der Waals surface area contributed by atoms with Crippen LogP contribution in [0.2, 0.25) is 0 Å². The highest BCUT2D eigenvalue weighted by molar-refractivity contribution is 7.89. The molecule has 0 aliphatic carbocycles. The van der Waals surface area contributed by atoms with E-state index in [0.29, 0.717) is 19.5 Å². The van der Waals surface area contributed by atoms with Crippen LogP contribution in [0.15, 0.2) is 11.2 Å². The second kappa shape index (κ2) is 5.13. The van der Waals surface area contributed by atoms with E-state index in [-0.39, 0.29) is 10.4 Å². The van der Waals surface area contributed by atoms with E-state index in [0.717, 1.165) is 38.2 Å². The van der Waals surface area contributed by atoms with Gasteiger partial charge in [0, 0.05) is 26.1 Å². The predicted octanol–water partition coefficient (Wildman–Crippen LogP) is 0.736. The fourth-order valence-electron chi connectivity index (χ4n) is 3.30. The molecular formula is C13H22N4O2S. The zero-order valence-corrected chi connectivity index (χ0v) is 12.7. The quantitative estimate of drug-likeness (QED) is 0.862. The number of nitrogens with one attached hydrogen (secondary N) is 2. The van der Waals surface area contributed by atoms with Crippen molar-refractivity contribution in [1.82, 2.24) is 19.6 Å². The van der Waals surface area contributed by atoms with Crippen molar-refractivity contribution in [2.24, 2.45) is 5.41 Å². The van der Waals surface area contributed by atoms with Gasteiger partial charge in [-0.15, -0.1) is 0 Å². The minimum absolute atomic E-state index is 0.138. The molecule has 1 aromatic rings. The first-order valence-electron chi connectivity index (χ1n) is 7.30. The lowest BCUT2D eigenvalue weighted by Gasteiger charge is -2.38. The Labute approximate surface area is 120 Å². The highest BCUT2D eigenvalue weighted by atomic mass is 32.2. The number of hydrogen-bond donors (Lipinski definition) is 2. The van der Waals surface area contributed by atoms with Gasteiger partial charge in [0.25, 0.3) is 10.0 Å². The standard InChI is InChI=1S/C13H22N4O2S/c1-2-11-15-8-12(16-11)20(18,19)17-7-3-4-13(10-17)5-6-14-9-13/h8,14H,2-7,9-10H2,1H3,(H,15,16)/t13-/m1/s1. The molecule has 2 saturated heterocycles. The summed E-state index contributed by atoms with van der Waals surface area (Å²) in [4.78, 5) is 7.03. The first kappa shape index (κ1) is 14.0. The predicted molar refractivity (Wildman–Crippen MR) is 75.9 cm³/mol. The molecule has 0 aromatic carbocycles. The van der Waals surface area contributed by atoms with E-state index >= 15 is 0 Å². The van der Waals surface area contributed by atoms with E-state index in [9.17, 15) is 8.42 Å². The molecule has 0 amide bonds. The molecule has 2 N–H and O–H groups in total. The van der Waals surface area contributed by atoms with Gasteiger partial charge in [0.1, 0.15) is 5.82 Å². The summed E-state index contributed by atoms with van der Waals surface area (Å²) in [5.74, 6) is 0.720. The average Bonchev–Trinajstić information content (AvgIpc) is 3.08. The van der Waals surface area contributed by atoms with Gasteiger partial charge in [-0.3, -0.25) is 0 Å². The summed E-state index contributed by atoms with van der Waals surface area (Å²) in [7, 11) is -3.43. The Morgan fingerprint density at radius 3 is 2.95 bits per heavy atom. The lowest BCUT2D eigenvalue weighted by Crippen LogP contribution is -2.47. The van der Waals surface area contributed by atoms with Crippen LogP contribution in [-0.2, 0) is 16.4 Å². The Balaban J connectivity index is 1.83. The van der Waals surface area contributed by atoms with Crippen LogP contribution >= 0.6 is 0 Å². The van der Waals surface area contributed by atoms with Gasteiger partial charge in [0.05, 0.1) is 6.20 Å². The monoisotopic (exact) mass is 298 g/mol. The van der Waals surface area contributed by atoms with E-state index in [1.54, 1.807) is 4.31 Å². The molecule has 2 aliphatic heterocycles. The van der Waals surface area contributed by atoms with Gasteiger partial charge in [0.15, 0.2) is 5.03 Å². The second-order valence-electron chi connectivity index (χ2n) is 5.92. The van der Waals surface area contributed by atoms with Crippen LogP contribution in [0.4, 0.5) is 0 Å². The third-order valence-electron chi connectivity index (χ3n) is 4.52. The molecule has 112 valence electrons. The lowest BCUT2D eigenvalue weighted by molar-refractivity contribution is 0.166. The molecule has 0 bridgehead atoms. The summed E-state index contributed by atoms with van der Waals surface area (Å²) in [5.41, 5.74) is 0.138. The number of hydrogen-bond acceptors (Lipinski definition) is 4. The normalized spacial score (nSPS) is 28.2. The lowest BCUT2D eigenvalue weighted by atomic mass is 9.80. The third kappa shape index (κ3) is 2.38. The van der Waals surface area contributed by atoms with Crippen molar-refractivity contribution in [2.75, 3.05) is 26.2 Å². The number of aryl methyl sites for hydroxylation is 1. The maximum Gasteiger partial charge on any atom is 0.260 e. The number of piperidine rings is 1. The van der Waals surface area contributed by atoms with Crippen LogP contribution in [0.3, 0.4) is 0 Å². The Kier molecular flexibility index (Phi) is 3.60. The highest BCUT2D eigenvalue weighted by Crippen LogP contribution is 2.37. The summed E-state index contributed by atoms with van der Waals surface area (Å²) < 4.78 is 27.0. The van der Waals surface area contributed by atoms with E-state index < -0.39 is 10.0 Å². The van der Waals surface area contributed by atoms with Crippen LogP contribution in [0.5, 0.6) is 0 Å². The van der Waals surface area contributed by atoms with E-state index in [1.807, 2.05) is 6.92 Å². The molecule has 7 heteroatoms. The molecule has 0 saturated carbocycles. The first-order valence-corrected chi connectivity index (χ1v) is 8.75. The van der Waals surface area contributed by atoms with Crippen molar-refractivity contribution >= 4 is 10.0 Å². The molecule has 0 radical (unpaired) electrons. The molecule has 1 aromatic heterocycles. The molecule has 20 heavy (non-hydrogen) atoms. The van der Waals surface area contributed by atoms with Crippen molar-refractivity contribution in [3.63, 3.8) is 0 Å².